The number of H-pyrrole nitrogens is 1. The second-order valence-electron chi connectivity index (χ2n) is 8.09. The standard InChI is InChI=1S/C22H33N5O2/c1-5-26(6-2)22(29)27-13-11-16(12-14-27)21(28)25-19(15(3)4)20-23-17-9-7-8-10-18(17)24-20/h7-10,15-16,19H,5-6,11-14H2,1-4H3,(H,23,24)(H,25,28). The highest BCUT2D eigenvalue weighted by Gasteiger charge is 2.31. The van der Waals surface area contributed by atoms with Gasteiger partial charge in [0.2, 0.25) is 5.91 Å². The van der Waals surface area contributed by atoms with Crippen LogP contribution < -0.4 is 5.32 Å². The predicted octanol–water partition coefficient (Wildman–Crippen LogP) is 3.55. The van der Waals surface area contributed by atoms with Crippen molar-refractivity contribution in [3.8, 4) is 0 Å². The van der Waals surface area contributed by atoms with E-state index < -0.39 is 0 Å². The summed E-state index contributed by atoms with van der Waals surface area (Å²) in [6.07, 6.45) is 1.40. The number of imidazole rings is 1. The number of nitrogens with one attached hydrogen (secondary N) is 2. The number of urea groups is 1. The van der Waals surface area contributed by atoms with E-state index in [-0.39, 0.29) is 29.8 Å². The van der Waals surface area contributed by atoms with Crippen LogP contribution in [0.25, 0.3) is 11.0 Å². The number of likely N-dealkylation sites (tertiary alicyclic amines) is 1. The van der Waals surface area contributed by atoms with Gasteiger partial charge in [-0.2, -0.15) is 0 Å². The molecule has 1 aromatic heterocycles. The maximum absolute atomic E-state index is 13.0. The summed E-state index contributed by atoms with van der Waals surface area (Å²) in [6, 6.07) is 7.82. The summed E-state index contributed by atoms with van der Waals surface area (Å²) in [5, 5.41) is 3.21. The minimum absolute atomic E-state index is 0.0547. The van der Waals surface area contributed by atoms with Crippen LogP contribution in [0.15, 0.2) is 24.3 Å². The van der Waals surface area contributed by atoms with Gasteiger partial charge in [0.05, 0.1) is 17.1 Å². The smallest absolute Gasteiger partial charge is 0.319 e. The highest BCUT2D eigenvalue weighted by Crippen LogP contribution is 2.25. The number of hydrogen-bond donors (Lipinski definition) is 2. The lowest BCUT2D eigenvalue weighted by molar-refractivity contribution is -0.127. The Morgan fingerprint density at radius 3 is 2.45 bits per heavy atom. The third kappa shape index (κ3) is 4.71. The molecule has 1 aliphatic rings. The van der Waals surface area contributed by atoms with Gasteiger partial charge in [-0.15, -0.1) is 0 Å². The van der Waals surface area contributed by atoms with E-state index in [4.69, 9.17) is 0 Å². The Morgan fingerprint density at radius 1 is 1.21 bits per heavy atom. The van der Waals surface area contributed by atoms with E-state index in [1.54, 1.807) is 0 Å². The number of amides is 3. The topological polar surface area (TPSA) is 81.3 Å². The first kappa shape index (κ1) is 21.1. The van der Waals surface area contributed by atoms with Crippen molar-refractivity contribution in [3.63, 3.8) is 0 Å². The van der Waals surface area contributed by atoms with E-state index in [1.807, 2.05) is 47.9 Å². The second kappa shape index (κ2) is 9.29. The maximum atomic E-state index is 13.0. The number of carbonyl (C=O) groups is 2. The fourth-order valence-electron chi connectivity index (χ4n) is 3.97. The van der Waals surface area contributed by atoms with Crippen molar-refractivity contribution in [1.82, 2.24) is 25.1 Å². The number of para-hydroxylation sites is 2. The summed E-state index contributed by atoms with van der Waals surface area (Å²) in [5.41, 5.74) is 1.89. The normalized spacial score (nSPS) is 16.2. The molecular formula is C22H33N5O2. The highest BCUT2D eigenvalue weighted by molar-refractivity contribution is 5.80. The number of nitrogens with zero attached hydrogens (tertiary/aromatic N) is 3. The number of hydrogen-bond acceptors (Lipinski definition) is 3. The van der Waals surface area contributed by atoms with E-state index in [0.717, 1.165) is 16.9 Å². The molecule has 1 saturated heterocycles. The number of aromatic amines is 1. The maximum Gasteiger partial charge on any atom is 0.319 e. The molecule has 0 saturated carbocycles. The summed E-state index contributed by atoms with van der Waals surface area (Å²) >= 11 is 0. The summed E-state index contributed by atoms with van der Waals surface area (Å²) in [5.74, 6) is 0.994. The molecule has 0 aliphatic carbocycles. The minimum Gasteiger partial charge on any atom is -0.346 e. The zero-order chi connectivity index (χ0) is 21.0. The van der Waals surface area contributed by atoms with E-state index in [0.29, 0.717) is 39.0 Å². The van der Waals surface area contributed by atoms with Gasteiger partial charge < -0.3 is 20.1 Å². The zero-order valence-electron chi connectivity index (χ0n) is 17.9. The monoisotopic (exact) mass is 399 g/mol. The molecule has 158 valence electrons. The van der Waals surface area contributed by atoms with Crippen molar-refractivity contribution >= 4 is 23.0 Å². The van der Waals surface area contributed by atoms with Gasteiger partial charge in [0.15, 0.2) is 0 Å². The molecule has 3 amide bonds. The predicted molar refractivity (Wildman–Crippen MR) is 114 cm³/mol. The van der Waals surface area contributed by atoms with Crippen molar-refractivity contribution in [2.24, 2.45) is 11.8 Å². The third-order valence-corrected chi connectivity index (χ3v) is 5.84. The molecule has 1 aromatic carbocycles. The quantitative estimate of drug-likeness (QED) is 0.779. The van der Waals surface area contributed by atoms with Crippen LogP contribution in [0.4, 0.5) is 4.79 Å². The molecule has 2 aromatic rings. The van der Waals surface area contributed by atoms with Crippen LogP contribution in [0.5, 0.6) is 0 Å². The van der Waals surface area contributed by atoms with E-state index in [9.17, 15) is 9.59 Å². The third-order valence-electron chi connectivity index (χ3n) is 5.84. The lowest BCUT2D eigenvalue weighted by atomic mass is 9.94. The first-order chi connectivity index (χ1) is 13.9. The molecule has 2 heterocycles. The van der Waals surface area contributed by atoms with Gasteiger partial charge >= 0.3 is 6.03 Å². The lowest BCUT2D eigenvalue weighted by Crippen LogP contribution is -2.48. The van der Waals surface area contributed by atoms with Crippen LogP contribution in [0.2, 0.25) is 0 Å². The summed E-state index contributed by atoms with van der Waals surface area (Å²) < 4.78 is 0. The van der Waals surface area contributed by atoms with E-state index >= 15 is 0 Å². The number of benzene rings is 1. The van der Waals surface area contributed by atoms with Gasteiger partial charge in [0.1, 0.15) is 5.82 Å². The molecule has 0 spiro atoms. The number of carbonyl (C=O) groups excluding carboxylic acids is 2. The highest BCUT2D eigenvalue weighted by atomic mass is 16.2. The van der Waals surface area contributed by atoms with Crippen LogP contribution in [0.1, 0.15) is 52.4 Å². The molecule has 7 heteroatoms. The largest absolute Gasteiger partial charge is 0.346 e. The van der Waals surface area contributed by atoms with Gasteiger partial charge in [0.25, 0.3) is 0 Å². The van der Waals surface area contributed by atoms with Crippen LogP contribution in [-0.4, -0.2) is 57.9 Å². The molecule has 1 atom stereocenters. The average molecular weight is 400 g/mol. The van der Waals surface area contributed by atoms with E-state index in [1.165, 1.54) is 0 Å². The molecule has 1 aliphatic heterocycles. The van der Waals surface area contributed by atoms with Gasteiger partial charge in [0, 0.05) is 32.1 Å². The summed E-state index contributed by atoms with van der Waals surface area (Å²) in [7, 11) is 0. The Morgan fingerprint density at radius 2 is 1.86 bits per heavy atom. The second-order valence-corrected chi connectivity index (χ2v) is 8.09. The first-order valence-corrected chi connectivity index (χ1v) is 10.7. The SMILES string of the molecule is CCN(CC)C(=O)N1CCC(C(=O)NC(c2nc3ccccc3[nH]2)C(C)C)CC1. The fraction of sp³-hybridized carbons (Fsp3) is 0.591. The molecule has 29 heavy (non-hydrogen) atoms. The molecular weight excluding hydrogens is 366 g/mol. The van der Waals surface area contributed by atoms with Crippen LogP contribution >= 0.6 is 0 Å². The van der Waals surface area contributed by atoms with Gasteiger partial charge in [-0.05, 0) is 44.7 Å². The van der Waals surface area contributed by atoms with Crippen LogP contribution in [0, 0.1) is 11.8 Å². The molecule has 7 nitrogen and oxygen atoms in total. The minimum atomic E-state index is -0.162. The number of aromatic nitrogens is 2. The molecule has 2 N–H and O–H groups in total. The molecule has 0 radical (unpaired) electrons. The van der Waals surface area contributed by atoms with Crippen molar-refractivity contribution < 1.29 is 9.59 Å². The van der Waals surface area contributed by atoms with Crippen molar-refractivity contribution in [1.29, 1.82) is 0 Å². The molecule has 3 rings (SSSR count). The fourth-order valence-corrected chi connectivity index (χ4v) is 3.97. The van der Waals surface area contributed by atoms with Crippen molar-refractivity contribution in [2.75, 3.05) is 26.2 Å². The Balaban J connectivity index is 1.62. The van der Waals surface area contributed by atoms with Gasteiger partial charge in [-0.1, -0.05) is 26.0 Å². The lowest BCUT2D eigenvalue weighted by Gasteiger charge is -2.35. The summed E-state index contributed by atoms with van der Waals surface area (Å²) in [6.45, 7) is 10.8. The number of fused-ring (bicyclic) bond motifs is 1. The molecule has 1 fully saturated rings. The summed E-state index contributed by atoms with van der Waals surface area (Å²) in [4.78, 5) is 37.2. The zero-order valence-corrected chi connectivity index (χ0v) is 17.9. The Kier molecular flexibility index (Phi) is 6.77. The van der Waals surface area contributed by atoms with Crippen molar-refractivity contribution in [3.05, 3.63) is 30.1 Å². The Bertz CT molecular complexity index is 802. The first-order valence-electron chi connectivity index (χ1n) is 10.7. The average Bonchev–Trinajstić information content (AvgIpc) is 3.16. The van der Waals surface area contributed by atoms with Crippen molar-refractivity contribution in [2.45, 2.75) is 46.6 Å². The van der Waals surface area contributed by atoms with Gasteiger partial charge in [-0.3, -0.25) is 4.79 Å². The Hall–Kier alpha value is -2.57. The molecule has 1 unspecified atom stereocenters. The van der Waals surface area contributed by atoms with E-state index in [2.05, 4.69) is 29.1 Å². The van der Waals surface area contributed by atoms with Gasteiger partial charge in [-0.25, -0.2) is 9.78 Å². The Labute approximate surface area is 172 Å². The molecule has 0 bridgehead atoms. The number of rotatable bonds is 6. The van der Waals surface area contributed by atoms with Crippen LogP contribution in [-0.2, 0) is 4.79 Å². The number of piperidine rings is 1. The van der Waals surface area contributed by atoms with Crippen LogP contribution in [0.3, 0.4) is 0 Å².